The van der Waals surface area contributed by atoms with E-state index in [2.05, 4.69) is 10.4 Å². The molecule has 1 saturated heterocycles. The third-order valence-corrected chi connectivity index (χ3v) is 4.62. The summed E-state index contributed by atoms with van der Waals surface area (Å²) in [5, 5.41) is 7.02. The first kappa shape index (κ1) is 21.9. The summed E-state index contributed by atoms with van der Waals surface area (Å²) in [6, 6.07) is 3.42. The molecule has 10 nitrogen and oxygen atoms in total. The average molecular weight is 440 g/mol. The zero-order valence-corrected chi connectivity index (χ0v) is 17.3. The van der Waals surface area contributed by atoms with Crippen molar-refractivity contribution in [2.24, 2.45) is 0 Å². The van der Waals surface area contributed by atoms with Crippen LogP contribution in [0.1, 0.15) is 17.9 Å². The molecule has 2 aromatic rings. The number of benzene rings is 1. The van der Waals surface area contributed by atoms with Crippen LogP contribution in [0.25, 0.3) is 12.2 Å². The molecule has 0 unspecified atom stereocenters. The molecule has 11 heteroatoms. The van der Waals surface area contributed by atoms with Crippen LogP contribution < -0.4 is 20.5 Å². The molecule has 0 bridgehead atoms. The number of carbonyl (C=O) groups is 1. The van der Waals surface area contributed by atoms with Gasteiger partial charge in [0.15, 0.2) is 17.8 Å². The van der Waals surface area contributed by atoms with Crippen LogP contribution in [-0.2, 0) is 20.8 Å². The number of hydrogen-bond acceptors (Lipinski definition) is 8. The van der Waals surface area contributed by atoms with Crippen LogP contribution in [0.15, 0.2) is 21.3 Å². The maximum absolute atomic E-state index is 12.0. The topological polar surface area (TPSA) is 114 Å². The largest absolute Gasteiger partial charge is 0.493 e. The first-order valence-corrected chi connectivity index (χ1v) is 9.56. The Hall–Kier alpha value is -2.82. The maximum atomic E-state index is 12.0. The summed E-state index contributed by atoms with van der Waals surface area (Å²) < 4.78 is 27.0. The summed E-state index contributed by atoms with van der Waals surface area (Å²) in [6.07, 6.45) is 3.30. The summed E-state index contributed by atoms with van der Waals surface area (Å²) in [4.78, 5) is 23.9. The van der Waals surface area contributed by atoms with Crippen LogP contribution >= 0.6 is 11.6 Å². The molecular formula is C19H22ClN3O7. The molecule has 0 atom stereocenters. The highest BCUT2D eigenvalue weighted by Crippen LogP contribution is 2.37. The Morgan fingerprint density at radius 3 is 2.77 bits per heavy atom. The lowest BCUT2D eigenvalue weighted by Gasteiger charge is -2.10. The van der Waals surface area contributed by atoms with Crippen LogP contribution in [0.2, 0.25) is 5.02 Å². The number of rotatable bonds is 9. The summed E-state index contributed by atoms with van der Waals surface area (Å²) >= 11 is 6.31. The molecule has 0 spiro atoms. The Bertz CT molecular complexity index is 964. The van der Waals surface area contributed by atoms with Crippen LogP contribution in [0, 0.1) is 0 Å². The Balaban J connectivity index is 1.60. The van der Waals surface area contributed by atoms with Gasteiger partial charge in [-0.1, -0.05) is 11.6 Å². The molecule has 1 aliphatic rings. The van der Waals surface area contributed by atoms with E-state index in [4.69, 9.17) is 35.0 Å². The summed E-state index contributed by atoms with van der Waals surface area (Å²) in [6.45, 7) is 1.20. The Morgan fingerprint density at radius 2 is 2.07 bits per heavy atom. The van der Waals surface area contributed by atoms with E-state index in [9.17, 15) is 9.59 Å². The first-order valence-electron chi connectivity index (χ1n) is 9.18. The van der Waals surface area contributed by atoms with Crippen molar-refractivity contribution in [1.82, 2.24) is 15.1 Å². The molecule has 0 radical (unpaired) electrons. The molecule has 30 heavy (non-hydrogen) atoms. The second-order valence-corrected chi connectivity index (χ2v) is 6.59. The van der Waals surface area contributed by atoms with E-state index in [0.717, 1.165) is 4.68 Å². The minimum atomic E-state index is -0.745. The Kier molecular flexibility index (Phi) is 7.50. The fraction of sp³-hybridized carbons (Fsp3) is 0.421. The fourth-order valence-corrected chi connectivity index (χ4v) is 3.08. The van der Waals surface area contributed by atoms with E-state index in [-0.39, 0.29) is 24.6 Å². The van der Waals surface area contributed by atoms with Crippen molar-refractivity contribution in [3.63, 3.8) is 0 Å². The number of halogens is 1. The van der Waals surface area contributed by atoms with Gasteiger partial charge >= 0.3 is 5.76 Å². The van der Waals surface area contributed by atoms with Gasteiger partial charge in [0.2, 0.25) is 11.8 Å². The zero-order valence-electron chi connectivity index (χ0n) is 16.6. The second kappa shape index (κ2) is 10.3. The van der Waals surface area contributed by atoms with Gasteiger partial charge in [-0.2, -0.15) is 4.68 Å². The molecular weight excluding hydrogens is 418 g/mol. The molecule has 1 amide bonds. The molecule has 1 aromatic heterocycles. The lowest BCUT2D eigenvalue weighted by Crippen LogP contribution is -2.33. The van der Waals surface area contributed by atoms with Gasteiger partial charge in [0.25, 0.3) is 0 Å². The maximum Gasteiger partial charge on any atom is 0.437 e. The number of nitrogens with one attached hydrogen (secondary N) is 1. The normalized spacial score (nSPS) is 14.4. The lowest BCUT2D eigenvalue weighted by atomic mass is 10.2. The second-order valence-electron chi connectivity index (χ2n) is 6.21. The minimum Gasteiger partial charge on any atom is -0.493 e. The van der Waals surface area contributed by atoms with Gasteiger partial charge in [0.1, 0.15) is 6.54 Å². The van der Waals surface area contributed by atoms with Crippen molar-refractivity contribution in [1.29, 1.82) is 0 Å². The highest BCUT2D eigenvalue weighted by molar-refractivity contribution is 6.33. The van der Waals surface area contributed by atoms with Gasteiger partial charge in [-0.15, -0.1) is 5.10 Å². The minimum absolute atomic E-state index is 0.0337. The highest BCUT2D eigenvalue weighted by Gasteiger charge is 2.16. The molecule has 3 rings (SSSR count). The van der Waals surface area contributed by atoms with Crippen molar-refractivity contribution in [2.45, 2.75) is 19.3 Å². The highest BCUT2D eigenvalue weighted by atomic mass is 35.5. The van der Waals surface area contributed by atoms with Crippen LogP contribution in [0.3, 0.4) is 0 Å². The molecule has 1 aliphatic heterocycles. The molecule has 1 fully saturated rings. The molecule has 0 saturated carbocycles. The van der Waals surface area contributed by atoms with Gasteiger partial charge in [-0.05, 0) is 23.8 Å². The van der Waals surface area contributed by atoms with E-state index >= 15 is 0 Å². The number of amides is 1. The zero-order chi connectivity index (χ0) is 21.5. The number of nitrogens with zero attached hydrogens (tertiary/aromatic N) is 2. The predicted molar refractivity (Wildman–Crippen MR) is 108 cm³/mol. The third kappa shape index (κ3) is 5.41. The monoisotopic (exact) mass is 439 g/mol. The van der Waals surface area contributed by atoms with Crippen LogP contribution in [0.5, 0.6) is 11.5 Å². The lowest BCUT2D eigenvalue weighted by molar-refractivity contribution is -0.122. The number of methoxy groups -OCH3 is 2. The smallest absolute Gasteiger partial charge is 0.437 e. The number of carbonyl (C=O) groups excluding carboxylic acids is 1. The summed E-state index contributed by atoms with van der Waals surface area (Å²) in [5.74, 6) is -0.204. The van der Waals surface area contributed by atoms with Gasteiger partial charge < -0.3 is 28.7 Å². The van der Waals surface area contributed by atoms with E-state index in [1.807, 2.05) is 0 Å². The van der Waals surface area contributed by atoms with Crippen molar-refractivity contribution in [3.05, 3.63) is 39.2 Å². The SMILES string of the molecule is COc1ccc(C=Cc2nn(CC(=O)NCCC3OCCO3)c(=O)o2)c(Cl)c1OC. The Labute approximate surface area is 177 Å². The molecule has 162 valence electrons. The quantitative estimate of drug-likeness (QED) is 0.626. The van der Waals surface area contributed by atoms with Gasteiger partial charge in [-0.25, -0.2) is 4.79 Å². The molecule has 1 N–H and O–H groups in total. The molecule has 2 heterocycles. The fourth-order valence-electron chi connectivity index (χ4n) is 2.78. The standard InChI is InChI=1S/C19H22ClN3O7/c1-26-13-5-3-12(17(20)18(13)27-2)4-6-15-22-23(19(25)30-15)11-14(24)21-8-7-16-28-9-10-29-16/h3-6,16H,7-11H2,1-2H3,(H,21,24). The summed E-state index contributed by atoms with van der Waals surface area (Å²) in [7, 11) is 2.99. The first-order chi connectivity index (χ1) is 14.5. The third-order valence-electron chi connectivity index (χ3n) is 4.23. The van der Waals surface area contributed by atoms with Crippen LogP contribution in [-0.4, -0.2) is 56.0 Å². The van der Waals surface area contributed by atoms with E-state index in [1.165, 1.54) is 20.3 Å². The van der Waals surface area contributed by atoms with Crippen molar-refractivity contribution >= 4 is 29.7 Å². The van der Waals surface area contributed by atoms with Crippen molar-refractivity contribution in [3.8, 4) is 11.5 Å². The van der Waals surface area contributed by atoms with E-state index in [0.29, 0.717) is 48.3 Å². The molecule has 0 aliphatic carbocycles. The van der Waals surface area contributed by atoms with Crippen molar-refractivity contribution in [2.75, 3.05) is 34.0 Å². The molecule has 1 aromatic carbocycles. The predicted octanol–water partition coefficient (Wildman–Crippen LogP) is 1.56. The van der Waals surface area contributed by atoms with Crippen LogP contribution in [0.4, 0.5) is 0 Å². The number of hydrogen-bond donors (Lipinski definition) is 1. The van der Waals surface area contributed by atoms with Gasteiger partial charge in [0.05, 0.1) is 32.5 Å². The number of aromatic nitrogens is 2. The van der Waals surface area contributed by atoms with Gasteiger partial charge in [-0.3, -0.25) is 4.79 Å². The van der Waals surface area contributed by atoms with E-state index < -0.39 is 5.76 Å². The van der Waals surface area contributed by atoms with Gasteiger partial charge in [0, 0.05) is 19.0 Å². The summed E-state index contributed by atoms with van der Waals surface area (Å²) in [5.41, 5.74) is 0.612. The average Bonchev–Trinajstić information content (AvgIpc) is 3.36. The Morgan fingerprint density at radius 1 is 1.30 bits per heavy atom. The number of ether oxygens (including phenoxy) is 4. The van der Waals surface area contributed by atoms with Crippen molar-refractivity contribution < 1.29 is 28.2 Å². The van der Waals surface area contributed by atoms with E-state index in [1.54, 1.807) is 18.2 Å².